The Hall–Kier alpha value is -2.33. The summed E-state index contributed by atoms with van der Waals surface area (Å²) in [5.41, 5.74) is 2.61. The van der Waals surface area contributed by atoms with Gasteiger partial charge in [0.2, 0.25) is 0 Å². The molecule has 9 heteroatoms. The largest absolute Gasteiger partial charge is 0.476 e. The van der Waals surface area contributed by atoms with E-state index in [1.807, 2.05) is 13.0 Å². The number of carboxylic acid groups (broad SMARTS) is 1. The maximum Gasteiger partial charge on any atom is 0.355 e. The number of hydrogen-bond acceptors (Lipinski definition) is 7. The van der Waals surface area contributed by atoms with E-state index in [-0.39, 0.29) is 16.7 Å². The number of hydrogen-bond donors (Lipinski definition) is 1. The van der Waals surface area contributed by atoms with Crippen molar-refractivity contribution in [2.45, 2.75) is 57.6 Å². The summed E-state index contributed by atoms with van der Waals surface area (Å²) in [4.78, 5) is 15.8. The molecule has 0 radical (unpaired) electrons. The van der Waals surface area contributed by atoms with Gasteiger partial charge in [-0.1, -0.05) is 6.07 Å². The summed E-state index contributed by atoms with van der Waals surface area (Å²) in [5, 5.41) is 14.3. The van der Waals surface area contributed by atoms with E-state index < -0.39 is 5.97 Å². The number of aromatic nitrogens is 3. The summed E-state index contributed by atoms with van der Waals surface area (Å²) >= 11 is 0. The molecule has 4 aliphatic carbocycles. The summed E-state index contributed by atoms with van der Waals surface area (Å²) in [7, 11) is 1.67. The molecule has 0 spiro atoms. The normalized spacial score (nSPS) is 28.2. The van der Waals surface area contributed by atoms with Crippen molar-refractivity contribution in [1.29, 1.82) is 0 Å². The van der Waals surface area contributed by atoms with E-state index >= 15 is 0 Å². The molecule has 4 saturated carbocycles. The lowest BCUT2D eigenvalue weighted by Gasteiger charge is -2.61. The molecule has 4 bridgehead atoms. The number of pyridine rings is 1. The van der Waals surface area contributed by atoms with Gasteiger partial charge in [-0.3, -0.25) is 4.68 Å². The fourth-order valence-electron chi connectivity index (χ4n) is 7.48. The van der Waals surface area contributed by atoms with Crippen LogP contribution in [0.2, 0.25) is 0 Å². The van der Waals surface area contributed by atoms with Crippen molar-refractivity contribution in [3.05, 3.63) is 35.9 Å². The van der Waals surface area contributed by atoms with Crippen LogP contribution in [0, 0.1) is 24.2 Å². The number of methoxy groups -OCH3 is 1. The van der Waals surface area contributed by atoms with Crippen molar-refractivity contribution in [2.75, 3.05) is 46.8 Å². The minimum absolute atomic E-state index is 0.0634. The average molecular weight is 514 g/mol. The van der Waals surface area contributed by atoms with Crippen LogP contribution < -0.4 is 0 Å². The third kappa shape index (κ3) is 5.74. The van der Waals surface area contributed by atoms with Crippen LogP contribution in [0.15, 0.2) is 24.5 Å². The van der Waals surface area contributed by atoms with Crippen LogP contribution in [0.4, 0.5) is 0 Å². The topological polar surface area (TPSA) is 105 Å². The highest BCUT2D eigenvalue weighted by atomic mass is 16.6. The van der Waals surface area contributed by atoms with E-state index in [0.717, 1.165) is 37.1 Å². The first-order chi connectivity index (χ1) is 17.9. The third-order valence-electron chi connectivity index (χ3n) is 8.46. The van der Waals surface area contributed by atoms with Crippen LogP contribution in [-0.2, 0) is 25.5 Å². The second-order valence-electron chi connectivity index (χ2n) is 11.2. The Morgan fingerprint density at radius 2 is 1.76 bits per heavy atom. The number of aromatic carboxylic acids is 1. The van der Waals surface area contributed by atoms with Crippen molar-refractivity contribution in [2.24, 2.45) is 17.3 Å². The van der Waals surface area contributed by atoms with Gasteiger partial charge in [0.25, 0.3) is 0 Å². The van der Waals surface area contributed by atoms with Gasteiger partial charge in [0.15, 0.2) is 5.69 Å². The molecule has 2 heterocycles. The molecule has 0 aliphatic heterocycles. The first-order valence-electron chi connectivity index (χ1n) is 13.4. The van der Waals surface area contributed by atoms with Crippen LogP contribution in [0.5, 0.6) is 0 Å². The van der Waals surface area contributed by atoms with E-state index in [0.29, 0.717) is 57.0 Å². The van der Waals surface area contributed by atoms with Gasteiger partial charge in [0.05, 0.1) is 51.4 Å². The second kappa shape index (κ2) is 11.2. The quantitative estimate of drug-likeness (QED) is 0.378. The predicted molar refractivity (Wildman–Crippen MR) is 136 cm³/mol. The van der Waals surface area contributed by atoms with Gasteiger partial charge in [0, 0.05) is 36.7 Å². The summed E-state index contributed by atoms with van der Waals surface area (Å²) < 4.78 is 24.9. The molecular formula is C28H39N3O6. The number of rotatable bonds is 14. The molecule has 1 N–H and O–H groups in total. The number of carbonyl (C=O) groups is 1. The molecule has 2 unspecified atom stereocenters. The highest BCUT2D eigenvalue weighted by molar-refractivity contribution is 5.94. The molecular weight excluding hydrogens is 474 g/mol. The SMILES string of the molecule is COCCOCCOCCOC12CC3CC(CC(Cn4ncc(-c5cccnc5C(=O)O)c4C)(C3)C1)C2. The Kier molecular flexibility index (Phi) is 7.95. The standard InChI is InChI=1S/C28H39N3O6/c1-20-24(23-4-3-5-29-25(23)26(32)33)17-30-31(20)19-27-13-21-12-22(14-27)16-28(15-21,18-27)37-11-10-36-9-8-35-7-6-34-2/h3-5,17,21-22H,6-16,18-19H2,1-2H3,(H,32,33). The van der Waals surface area contributed by atoms with Gasteiger partial charge >= 0.3 is 5.97 Å². The van der Waals surface area contributed by atoms with Crippen LogP contribution in [-0.4, -0.2) is 78.2 Å². The van der Waals surface area contributed by atoms with Crippen molar-refractivity contribution < 1.29 is 28.8 Å². The van der Waals surface area contributed by atoms with E-state index in [1.165, 1.54) is 25.5 Å². The van der Waals surface area contributed by atoms with Gasteiger partial charge in [-0.25, -0.2) is 9.78 Å². The lowest BCUT2D eigenvalue weighted by atomic mass is 9.48. The monoisotopic (exact) mass is 513 g/mol. The Labute approximate surface area is 218 Å². The highest BCUT2D eigenvalue weighted by Gasteiger charge is 2.58. The van der Waals surface area contributed by atoms with Crippen LogP contribution in [0.25, 0.3) is 11.1 Å². The first kappa shape index (κ1) is 26.3. The van der Waals surface area contributed by atoms with Gasteiger partial charge in [0.1, 0.15) is 0 Å². The number of ether oxygens (including phenoxy) is 4. The van der Waals surface area contributed by atoms with Crippen molar-refractivity contribution in [3.8, 4) is 11.1 Å². The van der Waals surface area contributed by atoms with Crippen LogP contribution in [0.1, 0.15) is 54.7 Å². The molecule has 202 valence electrons. The lowest BCUT2D eigenvalue weighted by molar-refractivity contribution is -0.201. The van der Waals surface area contributed by atoms with Gasteiger partial charge in [-0.05, 0) is 68.8 Å². The summed E-state index contributed by atoms with van der Waals surface area (Å²) in [6.45, 7) is 6.38. The smallest absolute Gasteiger partial charge is 0.355 e. The highest BCUT2D eigenvalue weighted by Crippen LogP contribution is 2.63. The van der Waals surface area contributed by atoms with Crippen molar-refractivity contribution in [3.63, 3.8) is 0 Å². The molecule has 0 amide bonds. The maximum atomic E-state index is 11.7. The Morgan fingerprint density at radius 3 is 2.46 bits per heavy atom. The molecule has 0 saturated heterocycles. The van der Waals surface area contributed by atoms with E-state index in [2.05, 4.69) is 9.67 Å². The summed E-state index contributed by atoms with van der Waals surface area (Å²) in [5.74, 6) is 0.373. The molecule has 2 aromatic rings. The number of carboxylic acids is 1. The fraction of sp³-hybridized carbons (Fsp3) is 0.679. The minimum atomic E-state index is -1.02. The molecule has 0 aromatic carbocycles. The Balaban J connectivity index is 1.22. The zero-order chi connectivity index (χ0) is 25.9. The van der Waals surface area contributed by atoms with Crippen LogP contribution in [0.3, 0.4) is 0 Å². The molecule has 6 rings (SSSR count). The Morgan fingerprint density at radius 1 is 1.05 bits per heavy atom. The van der Waals surface area contributed by atoms with Gasteiger partial charge in [-0.2, -0.15) is 5.10 Å². The molecule has 4 fully saturated rings. The third-order valence-corrected chi connectivity index (χ3v) is 8.46. The molecule has 37 heavy (non-hydrogen) atoms. The fourth-order valence-corrected chi connectivity index (χ4v) is 7.48. The van der Waals surface area contributed by atoms with Crippen molar-refractivity contribution in [1.82, 2.24) is 14.8 Å². The predicted octanol–water partition coefficient (Wildman–Crippen LogP) is 3.99. The molecule has 4 aliphatic rings. The lowest BCUT2D eigenvalue weighted by Crippen LogP contribution is -2.58. The minimum Gasteiger partial charge on any atom is -0.476 e. The molecule has 2 atom stereocenters. The first-order valence-corrected chi connectivity index (χ1v) is 13.4. The zero-order valence-electron chi connectivity index (χ0n) is 22.0. The average Bonchev–Trinajstić information content (AvgIpc) is 3.21. The van der Waals surface area contributed by atoms with E-state index in [9.17, 15) is 9.90 Å². The van der Waals surface area contributed by atoms with Crippen LogP contribution >= 0.6 is 0 Å². The summed E-state index contributed by atoms with van der Waals surface area (Å²) in [6.07, 6.45) is 10.4. The zero-order valence-corrected chi connectivity index (χ0v) is 22.0. The number of nitrogens with zero attached hydrogens (tertiary/aromatic N) is 3. The van der Waals surface area contributed by atoms with Crippen molar-refractivity contribution >= 4 is 5.97 Å². The van der Waals surface area contributed by atoms with E-state index in [4.69, 9.17) is 24.0 Å². The van der Waals surface area contributed by atoms with Gasteiger partial charge in [-0.15, -0.1) is 0 Å². The molecule has 2 aromatic heterocycles. The Bertz CT molecular complexity index is 1070. The second-order valence-corrected chi connectivity index (χ2v) is 11.2. The molecule has 9 nitrogen and oxygen atoms in total. The van der Waals surface area contributed by atoms with E-state index in [1.54, 1.807) is 19.4 Å². The summed E-state index contributed by atoms with van der Waals surface area (Å²) in [6, 6.07) is 3.59. The maximum absolute atomic E-state index is 11.7. The van der Waals surface area contributed by atoms with Gasteiger partial charge < -0.3 is 24.1 Å².